The second-order valence-electron chi connectivity index (χ2n) is 5.52. The van der Waals surface area contributed by atoms with E-state index in [9.17, 15) is 18.3 Å². The molecule has 0 saturated carbocycles. The predicted octanol–water partition coefficient (Wildman–Crippen LogP) is 2.25. The van der Waals surface area contributed by atoms with E-state index in [1.54, 1.807) is 24.3 Å². The smallest absolute Gasteiger partial charge is 0.316 e. The van der Waals surface area contributed by atoms with Gasteiger partial charge in [-0.2, -0.15) is 0 Å². The molecule has 2 aromatic rings. The minimum Gasteiger partial charge on any atom is -0.351 e. The molecule has 8 nitrogen and oxygen atoms in total. The molecule has 0 atom stereocenters. The third-order valence-electron chi connectivity index (χ3n) is 3.36. The molecule has 5 N–H and O–H groups in total. The molecule has 0 aliphatic rings. The molecule has 0 spiro atoms. The number of rotatable bonds is 6. The minimum absolute atomic E-state index is 0.00650. The number of hydrogen-bond acceptors (Lipinski definition) is 5. The van der Waals surface area contributed by atoms with Crippen molar-refractivity contribution in [1.82, 2.24) is 4.72 Å². The van der Waals surface area contributed by atoms with Gasteiger partial charge in [0.2, 0.25) is 0 Å². The first-order valence-electron chi connectivity index (χ1n) is 7.98. The number of aromatic hydroxyl groups is 1. The van der Waals surface area contributed by atoms with Crippen LogP contribution in [0.25, 0.3) is 0 Å². The zero-order valence-electron chi connectivity index (χ0n) is 15.5. The van der Waals surface area contributed by atoms with Crippen molar-refractivity contribution in [2.45, 2.75) is 4.90 Å². The van der Waals surface area contributed by atoms with Gasteiger partial charge < -0.3 is 11.1 Å². The Morgan fingerprint density at radius 3 is 2.45 bits per heavy atom. The normalized spacial score (nSPS) is 10.8. The number of amides is 2. The Bertz CT molecular complexity index is 977. The molecule has 13 heteroatoms. The van der Waals surface area contributed by atoms with Gasteiger partial charge in [-0.3, -0.25) is 0 Å². The van der Waals surface area contributed by atoms with Crippen LogP contribution in [-0.4, -0.2) is 67.7 Å². The molecular weight excluding hydrogens is 476 g/mol. The van der Waals surface area contributed by atoms with Gasteiger partial charge in [-0.1, -0.05) is 29.3 Å². The van der Waals surface area contributed by atoms with Crippen molar-refractivity contribution in [2.24, 2.45) is 5.73 Å². The van der Waals surface area contributed by atoms with E-state index in [4.69, 9.17) is 45.3 Å². The van der Waals surface area contributed by atoms with Crippen LogP contribution in [0.5, 0.6) is 5.75 Å². The van der Waals surface area contributed by atoms with E-state index in [1.807, 2.05) is 0 Å². The Labute approximate surface area is 201 Å². The van der Waals surface area contributed by atoms with Crippen molar-refractivity contribution < 1.29 is 23.1 Å². The van der Waals surface area contributed by atoms with E-state index in [0.717, 1.165) is 0 Å². The van der Waals surface area contributed by atoms with E-state index < -0.39 is 16.1 Å². The van der Waals surface area contributed by atoms with Gasteiger partial charge in [0.25, 0.3) is 0 Å². The molecule has 0 fully saturated rings. The first kappa shape index (κ1) is 26.3. The van der Waals surface area contributed by atoms with Gasteiger partial charge in [-0.15, -0.1) is 0 Å². The van der Waals surface area contributed by atoms with E-state index in [0.29, 0.717) is 41.5 Å². The van der Waals surface area contributed by atoms with Crippen LogP contribution < -0.4 is 18.6 Å². The second-order valence-corrected chi connectivity index (χ2v) is 9.50. The number of phenolic OH excluding ortho intramolecular Hbond substituents is 1. The predicted molar refractivity (Wildman–Crippen MR) is 115 cm³/mol. The maximum absolute atomic E-state index is 11.9. The summed E-state index contributed by atoms with van der Waals surface area (Å²) in [4.78, 5) is 10.2. The molecule has 0 aliphatic carbocycles. The number of nitrogens with two attached hydrogens (primary N) is 1. The molecule has 2 aromatic carbocycles. The van der Waals surface area contributed by atoms with Gasteiger partial charge in [-0.05, 0) is 12.1 Å². The summed E-state index contributed by atoms with van der Waals surface area (Å²) in [5.74, 6) is -0.269. The average Bonchev–Trinajstić information content (AvgIpc) is 2.62. The summed E-state index contributed by atoms with van der Waals surface area (Å²) in [6.07, 6.45) is 0. The maximum atomic E-state index is 11.9. The number of primary amides is 1. The van der Waals surface area contributed by atoms with Crippen molar-refractivity contribution in [1.29, 1.82) is 0 Å². The first-order chi connectivity index (χ1) is 13.5. The number of anilines is 1. The largest absolute Gasteiger partial charge is 0.351 e. The SMILES string of the molecule is COCCNS(=O)(=O)c1c(Cl)cc[c]([Na])c1O.NC(=O)Nc1cccc(Cl)c1Cl. The van der Waals surface area contributed by atoms with Crippen LogP contribution in [0, 0.1) is 0 Å². The molecule has 0 radical (unpaired) electrons. The second kappa shape index (κ2) is 12.2. The van der Waals surface area contributed by atoms with Crippen molar-refractivity contribution >= 4 is 87.3 Å². The fourth-order valence-electron chi connectivity index (χ4n) is 1.98. The molecule has 2 rings (SSSR count). The summed E-state index contributed by atoms with van der Waals surface area (Å²) in [6, 6.07) is 7.31. The summed E-state index contributed by atoms with van der Waals surface area (Å²) >= 11 is 17.7. The van der Waals surface area contributed by atoms with Crippen molar-refractivity contribution in [3.05, 3.63) is 45.4 Å². The van der Waals surface area contributed by atoms with Gasteiger partial charge in [0.15, 0.2) is 0 Å². The van der Waals surface area contributed by atoms with E-state index >= 15 is 0 Å². The van der Waals surface area contributed by atoms with Crippen LogP contribution in [0.1, 0.15) is 0 Å². The van der Waals surface area contributed by atoms with E-state index in [1.165, 1.54) is 13.2 Å². The Balaban J connectivity index is 0.000000308. The zero-order valence-corrected chi connectivity index (χ0v) is 20.6. The molecular formula is C16H17Cl3N3NaO5S. The summed E-state index contributed by atoms with van der Waals surface area (Å²) in [7, 11) is -2.34. The fraction of sp³-hybridized carbons (Fsp3) is 0.188. The molecule has 0 aliphatic heterocycles. The third-order valence-corrected chi connectivity index (χ3v) is 6.95. The van der Waals surface area contributed by atoms with Crippen LogP contribution >= 0.6 is 34.8 Å². The number of sulfonamides is 1. The number of phenols is 1. The number of carbonyl (C=O) groups excluding carboxylic acids is 1. The Hall–Kier alpha value is -0.750. The van der Waals surface area contributed by atoms with Crippen molar-refractivity contribution in [2.75, 3.05) is 25.6 Å². The van der Waals surface area contributed by atoms with Crippen LogP contribution in [0.3, 0.4) is 0 Å². The molecule has 0 saturated heterocycles. The van der Waals surface area contributed by atoms with Crippen LogP contribution in [0.4, 0.5) is 10.5 Å². The maximum Gasteiger partial charge on any atom is 0.316 e. The van der Waals surface area contributed by atoms with Gasteiger partial charge in [0, 0.05) is 0 Å². The standard InChI is InChI=1S/C9H11ClNO4S.C7H6Cl2N2O.Na/c1-15-6-5-11-16(13,14)9-7(10)3-2-4-8(9)12;8-4-2-1-3-5(6(4)9)11-7(10)12;/h2-3,11-12H,5-6H2,1H3;1-3H,(H3,10,11,12);. The minimum atomic E-state index is -3.81. The molecule has 0 aromatic heterocycles. The van der Waals surface area contributed by atoms with Crippen LogP contribution in [0.15, 0.2) is 35.2 Å². The molecule has 0 bridgehead atoms. The van der Waals surface area contributed by atoms with E-state index in [2.05, 4.69) is 10.0 Å². The zero-order chi connectivity index (χ0) is 22.2. The fourth-order valence-corrected chi connectivity index (χ4v) is 4.62. The summed E-state index contributed by atoms with van der Waals surface area (Å²) < 4.78 is 31.4. The number of methoxy groups -OCH3 is 1. The number of carbonyl (C=O) groups is 1. The number of benzene rings is 2. The van der Waals surface area contributed by atoms with Gasteiger partial charge in [0.05, 0.1) is 15.7 Å². The van der Waals surface area contributed by atoms with Crippen LogP contribution in [-0.2, 0) is 14.8 Å². The summed E-state index contributed by atoms with van der Waals surface area (Å²) in [5, 5.41) is 12.8. The Kier molecular flexibility index (Phi) is 11.0. The van der Waals surface area contributed by atoms with Crippen LogP contribution in [0.2, 0.25) is 15.1 Å². The van der Waals surface area contributed by atoms with Gasteiger partial charge in [0.1, 0.15) is 0 Å². The molecule has 2 amide bonds. The van der Waals surface area contributed by atoms with Gasteiger partial charge >= 0.3 is 129 Å². The number of ether oxygens (including phenoxy) is 1. The van der Waals surface area contributed by atoms with E-state index in [-0.39, 0.29) is 33.8 Å². The number of hydrogen-bond donors (Lipinski definition) is 4. The average molecular weight is 493 g/mol. The molecule has 0 heterocycles. The number of urea groups is 1. The van der Waals surface area contributed by atoms with Gasteiger partial charge in [-0.25, -0.2) is 4.79 Å². The molecule has 29 heavy (non-hydrogen) atoms. The summed E-state index contributed by atoms with van der Waals surface area (Å²) in [5.41, 5.74) is 5.31. The van der Waals surface area contributed by atoms with Crippen molar-refractivity contribution in [3.8, 4) is 5.75 Å². The Morgan fingerprint density at radius 2 is 1.86 bits per heavy atom. The monoisotopic (exact) mass is 491 g/mol. The molecule has 0 unspecified atom stereocenters. The molecule has 154 valence electrons. The topological polar surface area (TPSA) is 131 Å². The summed E-state index contributed by atoms with van der Waals surface area (Å²) in [6.45, 7) is 0.373. The Morgan fingerprint density at radius 1 is 1.21 bits per heavy atom. The third kappa shape index (κ3) is 8.12. The quantitative estimate of drug-likeness (QED) is 0.363. The first-order valence-corrected chi connectivity index (χ1v) is 11.6. The van der Waals surface area contributed by atoms with Crippen molar-refractivity contribution in [3.63, 3.8) is 0 Å². The number of nitrogens with one attached hydrogen (secondary N) is 2. The number of halogens is 3.